The van der Waals surface area contributed by atoms with Crippen molar-refractivity contribution < 1.29 is 28.0 Å². The van der Waals surface area contributed by atoms with Crippen LogP contribution in [0.3, 0.4) is 0 Å². The van der Waals surface area contributed by atoms with Crippen molar-refractivity contribution in [3.05, 3.63) is 81.0 Å². The number of benzene rings is 2. The average Bonchev–Trinajstić information content (AvgIpc) is 2.90. The molecule has 3 heterocycles. The van der Waals surface area contributed by atoms with Crippen LogP contribution < -0.4 is 9.64 Å². The number of nitro groups is 1. The third-order valence-electron chi connectivity index (χ3n) is 6.02. The van der Waals surface area contributed by atoms with E-state index >= 15 is 0 Å². The molecule has 1 fully saturated rings. The smallest absolute Gasteiger partial charge is 0.269 e. The second kappa shape index (κ2) is 9.82. The van der Waals surface area contributed by atoms with Gasteiger partial charge < -0.3 is 19.3 Å². The van der Waals surface area contributed by atoms with Crippen LogP contribution in [0.4, 0.5) is 20.4 Å². The number of anilines is 1. The predicted octanol–water partition coefficient (Wildman–Crippen LogP) is 3.49. The molecule has 0 N–H and O–H groups in total. The quantitative estimate of drug-likeness (QED) is 0.389. The number of aromatic nitrogens is 2. The number of hydrogen-bond acceptors (Lipinski definition) is 8. The molecule has 186 valence electrons. The molecule has 36 heavy (non-hydrogen) atoms. The lowest BCUT2D eigenvalue weighted by atomic mass is 10.0. The van der Waals surface area contributed by atoms with Crippen LogP contribution in [0.1, 0.15) is 21.6 Å². The third kappa shape index (κ3) is 4.80. The number of halogens is 2. The van der Waals surface area contributed by atoms with E-state index in [1.165, 1.54) is 30.3 Å². The zero-order chi connectivity index (χ0) is 25.2. The highest BCUT2D eigenvalue weighted by Gasteiger charge is 2.29. The van der Waals surface area contributed by atoms with Gasteiger partial charge in [0.2, 0.25) is 11.8 Å². The molecule has 0 saturated carbocycles. The summed E-state index contributed by atoms with van der Waals surface area (Å²) in [5.74, 6) is -1.73. The Kier molecular flexibility index (Phi) is 6.42. The normalized spacial score (nSPS) is 15.4. The second-order valence-electron chi connectivity index (χ2n) is 8.31. The number of hydrogen-bond donors (Lipinski definition) is 0. The fourth-order valence-corrected chi connectivity index (χ4v) is 4.09. The fourth-order valence-electron chi connectivity index (χ4n) is 4.09. The van der Waals surface area contributed by atoms with Crippen molar-refractivity contribution in [2.24, 2.45) is 0 Å². The van der Waals surface area contributed by atoms with Gasteiger partial charge in [0.25, 0.3) is 11.6 Å². The zero-order valence-electron chi connectivity index (χ0n) is 19.0. The predicted molar refractivity (Wildman–Crippen MR) is 123 cm³/mol. The Labute approximate surface area is 204 Å². The fraction of sp³-hybridized carbons (Fsp3) is 0.292. The van der Waals surface area contributed by atoms with Crippen molar-refractivity contribution in [2.45, 2.75) is 13.0 Å². The molecule has 0 bridgehead atoms. The number of carbonyl (C=O) groups is 1. The van der Waals surface area contributed by atoms with E-state index in [2.05, 4.69) is 4.98 Å². The van der Waals surface area contributed by atoms with Crippen molar-refractivity contribution in [3.8, 4) is 11.6 Å². The van der Waals surface area contributed by atoms with Crippen molar-refractivity contribution in [3.63, 3.8) is 0 Å². The van der Waals surface area contributed by atoms with Crippen molar-refractivity contribution >= 4 is 17.5 Å². The number of morpholine rings is 1. The second-order valence-corrected chi connectivity index (χ2v) is 8.31. The molecule has 0 atom stereocenters. The van der Waals surface area contributed by atoms with Gasteiger partial charge >= 0.3 is 0 Å². The van der Waals surface area contributed by atoms with E-state index in [0.717, 1.165) is 12.1 Å². The van der Waals surface area contributed by atoms with Crippen LogP contribution >= 0.6 is 0 Å². The van der Waals surface area contributed by atoms with E-state index in [0.29, 0.717) is 62.0 Å². The summed E-state index contributed by atoms with van der Waals surface area (Å²) in [5.41, 5.74) is 1.44. The van der Waals surface area contributed by atoms with Crippen molar-refractivity contribution in [2.75, 3.05) is 37.7 Å². The summed E-state index contributed by atoms with van der Waals surface area (Å²) in [4.78, 5) is 36.3. The molecule has 0 radical (unpaired) electrons. The van der Waals surface area contributed by atoms with Crippen LogP contribution in [0.5, 0.6) is 11.6 Å². The lowest BCUT2D eigenvalue weighted by Gasteiger charge is -2.32. The minimum absolute atomic E-state index is 0.0570. The molecule has 3 aromatic rings. The molecule has 1 amide bonds. The molecule has 0 aliphatic carbocycles. The topological polar surface area (TPSA) is 111 Å². The summed E-state index contributed by atoms with van der Waals surface area (Å²) >= 11 is 0. The molecule has 2 aliphatic heterocycles. The standard InChI is InChI=1S/C24H21F2N5O5/c25-19-6-5-17(13-20(19)26)36-22-18-14-30(23(32)15-1-3-16(4-2-15)31(33)34)8-7-21(18)27-24(28-22)29-9-11-35-12-10-29/h1-6,13H,7-12,14H2. The molecule has 1 saturated heterocycles. The maximum absolute atomic E-state index is 13.8. The lowest BCUT2D eigenvalue weighted by molar-refractivity contribution is -0.384. The molecular formula is C24H21F2N5O5. The van der Waals surface area contributed by atoms with Crippen LogP contribution in [-0.2, 0) is 17.7 Å². The van der Waals surface area contributed by atoms with E-state index in [1.54, 1.807) is 4.90 Å². The Morgan fingerprint density at radius 1 is 1.03 bits per heavy atom. The molecule has 0 unspecified atom stereocenters. The first kappa shape index (κ1) is 23.5. The van der Waals surface area contributed by atoms with Crippen LogP contribution in [0, 0.1) is 21.7 Å². The van der Waals surface area contributed by atoms with E-state index in [-0.39, 0.29) is 29.8 Å². The van der Waals surface area contributed by atoms with Gasteiger partial charge in [0, 0.05) is 49.8 Å². The molecular weight excluding hydrogens is 476 g/mol. The Morgan fingerprint density at radius 3 is 2.47 bits per heavy atom. The van der Waals surface area contributed by atoms with Crippen molar-refractivity contribution in [1.82, 2.24) is 14.9 Å². The Bertz CT molecular complexity index is 1310. The van der Waals surface area contributed by atoms with Crippen LogP contribution in [-0.4, -0.2) is 58.5 Å². The lowest BCUT2D eigenvalue weighted by Crippen LogP contribution is -2.39. The molecule has 12 heteroatoms. The van der Waals surface area contributed by atoms with Crippen molar-refractivity contribution in [1.29, 1.82) is 0 Å². The van der Waals surface area contributed by atoms with Gasteiger partial charge in [0.1, 0.15) is 5.75 Å². The minimum Gasteiger partial charge on any atom is -0.438 e. The van der Waals surface area contributed by atoms with Crippen LogP contribution in [0.25, 0.3) is 0 Å². The largest absolute Gasteiger partial charge is 0.438 e. The minimum atomic E-state index is -1.06. The average molecular weight is 497 g/mol. The van der Waals surface area contributed by atoms with Gasteiger partial charge in [-0.15, -0.1) is 0 Å². The van der Waals surface area contributed by atoms with Gasteiger partial charge in [-0.25, -0.2) is 13.8 Å². The Balaban J connectivity index is 1.46. The van der Waals surface area contributed by atoms with Gasteiger partial charge in [0.05, 0.1) is 35.9 Å². The first-order valence-electron chi connectivity index (χ1n) is 11.3. The summed E-state index contributed by atoms with van der Waals surface area (Å²) in [6.45, 7) is 2.72. The Morgan fingerprint density at radius 2 is 1.78 bits per heavy atom. The number of non-ortho nitro benzene ring substituents is 1. The molecule has 1 aromatic heterocycles. The first-order valence-corrected chi connectivity index (χ1v) is 11.3. The summed E-state index contributed by atoms with van der Waals surface area (Å²) < 4.78 is 38.5. The third-order valence-corrected chi connectivity index (χ3v) is 6.02. The molecule has 10 nitrogen and oxygen atoms in total. The molecule has 2 aromatic carbocycles. The van der Waals surface area contributed by atoms with Gasteiger partial charge in [-0.2, -0.15) is 4.98 Å². The van der Waals surface area contributed by atoms with Crippen LogP contribution in [0.15, 0.2) is 42.5 Å². The molecule has 2 aliphatic rings. The summed E-state index contributed by atoms with van der Waals surface area (Å²) in [6.07, 6.45) is 0.419. The number of nitro benzene ring substituents is 1. The van der Waals surface area contributed by atoms with E-state index in [1.807, 2.05) is 4.90 Å². The maximum atomic E-state index is 13.8. The summed E-state index contributed by atoms with van der Waals surface area (Å²) in [7, 11) is 0. The van der Waals surface area contributed by atoms with Gasteiger partial charge in [-0.3, -0.25) is 14.9 Å². The highest BCUT2D eigenvalue weighted by molar-refractivity contribution is 5.94. The maximum Gasteiger partial charge on any atom is 0.269 e. The Hall–Kier alpha value is -4.19. The highest BCUT2D eigenvalue weighted by Crippen LogP contribution is 2.32. The number of ether oxygens (including phenoxy) is 2. The van der Waals surface area contributed by atoms with E-state index in [4.69, 9.17) is 14.5 Å². The molecule has 5 rings (SSSR count). The summed E-state index contributed by atoms with van der Waals surface area (Å²) in [5, 5.41) is 10.9. The van der Waals surface area contributed by atoms with Gasteiger partial charge in [-0.05, 0) is 24.3 Å². The molecule has 0 spiro atoms. The number of rotatable bonds is 5. The SMILES string of the molecule is O=C(c1ccc([N+](=O)[O-])cc1)N1CCc2nc(N3CCOCC3)nc(Oc3ccc(F)c(F)c3)c2C1. The van der Waals surface area contributed by atoms with E-state index < -0.39 is 16.6 Å². The monoisotopic (exact) mass is 497 g/mol. The van der Waals surface area contributed by atoms with Crippen LogP contribution in [0.2, 0.25) is 0 Å². The van der Waals surface area contributed by atoms with Gasteiger partial charge in [0.15, 0.2) is 11.6 Å². The summed E-state index contributed by atoms with van der Waals surface area (Å²) in [6, 6.07) is 8.57. The number of amides is 1. The first-order chi connectivity index (χ1) is 17.4. The highest BCUT2D eigenvalue weighted by atomic mass is 19.2. The number of carbonyl (C=O) groups excluding carboxylic acids is 1. The number of fused-ring (bicyclic) bond motifs is 1. The van der Waals surface area contributed by atoms with E-state index in [9.17, 15) is 23.7 Å². The van der Waals surface area contributed by atoms with Gasteiger partial charge in [-0.1, -0.05) is 0 Å². The zero-order valence-corrected chi connectivity index (χ0v) is 19.0. The number of nitrogens with zero attached hydrogens (tertiary/aromatic N) is 5.